The summed E-state index contributed by atoms with van der Waals surface area (Å²) in [5.41, 5.74) is 0.302. The molecule has 0 radical (unpaired) electrons. The second kappa shape index (κ2) is 10.7. The lowest BCUT2D eigenvalue weighted by atomic mass is 9.85. The molecule has 0 aromatic carbocycles. The molecule has 1 saturated carbocycles. The summed E-state index contributed by atoms with van der Waals surface area (Å²) in [4.78, 5) is 39.4. The molecule has 0 atom stereocenters. The van der Waals surface area contributed by atoms with E-state index in [1.54, 1.807) is 0 Å². The lowest BCUT2D eigenvalue weighted by Crippen LogP contribution is -2.36. The molecular formula is C26H36N4O5. The Morgan fingerprint density at radius 2 is 1.94 bits per heavy atom. The predicted octanol–water partition coefficient (Wildman–Crippen LogP) is 4.51. The first-order chi connectivity index (χ1) is 16.7. The third-order valence-corrected chi connectivity index (χ3v) is 6.60. The Morgan fingerprint density at radius 3 is 2.63 bits per heavy atom. The number of hydrogen-bond donors (Lipinski definition) is 1. The first-order valence-electron chi connectivity index (χ1n) is 12.6. The SMILES string of the molecule is C=C(OC(C)(C)C)N1CCC(=NOc2nc3oc(=O)cc(CCC4CCCCC4)c3c(=O)[nH]2)CC1. The minimum atomic E-state index is -0.517. The zero-order valence-corrected chi connectivity index (χ0v) is 21.0. The van der Waals surface area contributed by atoms with Crippen LogP contribution in [0.5, 0.6) is 6.01 Å². The molecule has 4 rings (SSSR count). The average Bonchev–Trinajstić information content (AvgIpc) is 2.80. The van der Waals surface area contributed by atoms with Crippen molar-refractivity contribution in [3.63, 3.8) is 0 Å². The van der Waals surface area contributed by atoms with E-state index in [9.17, 15) is 9.59 Å². The van der Waals surface area contributed by atoms with Gasteiger partial charge in [0.05, 0.1) is 5.71 Å². The maximum absolute atomic E-state index is 12.8. The molecule has 2 aliphatic rings. The van der Waals surface area contributed by atoms with E-state index in [1.165, 1.54) is 38.2 Å². The van der Waals surface area contributed by atoms with E-state index in [2.05, 4.69) is 26.6 Å². The van der Waals surface area contributed by atoms with E-state index in [0.29, 0.717) is 55.1 Å². The fraction of sp³-hybridized carbons (Fsp3) is 0.615. The van der Waals surface area contributed by atoms with Crippen LogP contribution in [0, 0.1) is 5.92 Å². The predicted molar refractivity (Wildman–Crippen MR) is 135 cm³/mol. The van der Waals surface area contributed by atoms with Gasteiger partial charge >= 0.3 is 11.6 Å². The number of aryl methyl sites for hydroxylation is 1. The molecule has 9 nitrogen and oxygen atoms in total. The van der Waals surface area contributed by atoms with Gasteiger partial charge in [0.25, 0.3) is 5.56 Å². The quantitative estimate of drug-likeness (QED) is 0.455. The van der Waals surface area contributed by atoms with E-state index in [0.717, 1.165) is 12.1 Å². The Kier molecular flexibility index (Phi) is 7.62. The molecule has 1 saturated heterocycles. The highest BCUT2D eigenvalue weighted by Gasteiger charge is 2.22. The van der Waals surface area contributed by atoms with Gasteiger partial charge < -0.3 is 18.9 Å². The van der Waals surface area contributed by atoms with Crippen LogP contribution in [0.3, 0.4) is 0 Å². The number of aromatic amines is 1. The molecule has 190 valence electrons. The highest BCUT2D eigenvalue weighted by molar-refractivity contribution is 5.85. The fourth-order valence-corrected chi connectivity index (χ4v) is 4.84. The summed E-state index contributed by atoms with van der Waals surface area (Å²) in [6, 6.07) is 1.32. The molecule has 0 spiro atoms. The van der Waals surface area contributed by atoms with Gasteiger partial charge in [-0.1, -0.05) is 37.3 Å². The van der Waals surface area contributed by atoms with Crippen LogP contribution in [0.15, 0.2) is 37.7 Å². The van der Waals surface area contributed by atoms with Crippen LogP contribution in [0.25, 0.3) is 11.1 Å². The van der Waals surface area contributed by atoms with Crippen molar-refractivity contribution in [3.8, 4) is 6.01 Å². The van der Waals surface area contributed by atoms with E-state index in [4.69, 9.17) is 14.0 Å². The van der Waals surface area contributed by atoms with Crippen molar-refractivity contribution in [2.75, 3.05) is 13.1 Å². The first-order valence-corrected chi connectivity index (χ1v) is 12.6. The van der Waals surface area contributed by atoms with Gasteiger partial charge in [-0.15, -0.1) is 0 Å². The number of nitrogens with zero attached hydrogens (tertiary/aromatic N) is 3. The largest absolute Gasteiger partial charge is 0.474 e. The van der Waals surface area contributed by atoms with Gasteiger partial charge in [-0.25, -0.2) is 4.79 Å². The van der Waals surface area contributed by atoms with Gasteiger partial charge in [-0.05, 0) is 51.7 Å². The number of nitrogens with one attached hydrogen (secondary N) is 1. The van der Waals surface area contributed by atoms with Crippen molar-refractivity contribution in [2.24, 2.45) is 11.1 Å². The number of rotatable bonds is 7. The monoisotopic (exact) mass is 484 g/mol. The average molecular weight is 485 g/mol. The van der Waals surface area contributed by atoms with Crippen molar-refractivity contribution in [1.82, 2.24) is 14.9 Å². The van der Waals surface area contributed by atoms with Crippen molar-refractivity contribution in [1.29, 1.82) is 0 Å². The number of H-pyrrole nitrogens is 1. The van der Waals surface area contributed by atoms with E-state index < -0.39 is 11.2 Å². The van der Waals surface area contributed by atoms with Gasteiger partial charge in [0.1, 0.15) is 11.0 Å². The van der Waals surface area contributed by atoms with E-state index in [-0.39, 0.29) is 17.3 Å². The molecule has 2 fully saturated rings. The standard InChI is InChI=1S/C26H36N4O5/c1-17(34-26(2,3)4)30-14-12-20(13-15-30)29-35-25-27-23(32)22-19(16-21(31)33-24(22)28-25)11-10-18-8-6-5-7-9-18/h16,18H,1,5-15H2,2-4H3,(H,27,28,32). The van der Waals surface area contributed by atoms with Gasteiger partial charge in [0, 0.05) is 32.0 Å². The minimum absolute atomic E-state index is 0.0134. The van der Waals surface area contributed by atoms with Gasteiger partial charge in [-0.3, -0.25) is 9.78 Å². The molecule has 0 amide bonds. The Morgan fingerprint density at radius 1 is 1.23 bits per heavy atom. The zero-order chi connectivity index (χ0) is 25.0. The van der Waals surface area contributed by atoms with Crippen LogP contribution in [0.4, 0.5) is 0 Å². The smallest absolute Gasteiger partial charge is 0.337 e. The van der Waals surface area contributed by atoms with Gasteiger partial charge in [0.15, 0.2) is 5.88 Å². The Bertz CT molecular complexity index is 1190. The molecule has 2 aromatic heterocycles. The molecule has 1 N–H and O–H groups in total. The Hall–Kier alpha value is -3.10. The van der Waals surface area contributed by atoms with Crippen molar-refractivity contribution < 1.29 is 14.0 Å². The van der Waals surface area contributed by atoms with Crippen LogP contribution < -0.4 is 16.0 Å². The van der Waals surface area contributed by atoms with E-state index in [1.807, 2.05) is 20.8 Å². The third-order valence-electron chi connectivity index (χ3n) is 6.60. The molecule has 2 aromatic rings. The van der Waals surface area contributed by atoms with Crippen LogP contribution in [-0.2, 0) is 11.2 Å². The maximum atomic E-state index is 12.8. The van der Waals surface area contributed by atoms with E-state index >= 15 is 0 Å². The summed E-state index contributed by atoms with van der Waals surface area (Å²) in [6.07, 6.45) is 9.17. The third kappa shape index (κ3) is 6.74. The number of aromatic nitrogens is 2. The minimum Gasteiger partial charge on any atom is -0.474 e. The maximum Gasteiger partial charge on any atom is 0.337 e. The zero-order valence-electron chi connectivity index (χ0n) is 21.0. The number of likely N-dealkylation sites (tertiary alicyclic amines) is 1. The number of hydrogen-bond acceptors (Lipinski definition) is 8. The fourth-order valence-electron chi connectivity index (χ4n) is 4.84. The topological polar surface area (TPSA) is 110 Å². The Labute approximate surface area is 205 Å². The molecule has 0 unspecified atom stereocenters. The highest BCUT2D eigenvalue weighted by Crippen LogP contribution is 2.28. The second-order valence-corrected chi connectivity index (χ2v) is 10.5. The first kappa shape index (κ1) is 25.0. The van der Waals surface area contributed by atoms with Crippen molar-refractivity contribution in [3.05, 3.63) is 44.9 Å². The Balaban J connectivity index is 1.42. The summed E-state index contributed by atoms with van der Waals surface area (Å²) in [5.74, 6) is 1.28. The number of ether oxygens (including phenoxy) is 1. The summed E-state index contributed by atoms with van der Waals surface area (Å²) in [7, 11) is 0. The molecule has 0 bridgehead atoms. The summed E-state index contributed by atoms with van der Waals surface area (Å²) in [6.45, 7) is 11.4. The molecular weight excluding hydrogens is 448 g/mol. The van der Waals surface area contributed by atoms with Crippen LogP contribution >= 0.6 is 0 Å². The van der Waals surface area contributed by atoms with Crippen LogP contribution in [-0.4, -0.2) is 39.3 Å². The van der Waals surface area contributed by atoms with Crippen LogP contribution in [0.1, 0.15) is 77.7 Å². The highest BCUT2D eigenvalue weighted by atomic mass is 16.6. The normalized spacial score (nSPS) is 17.5. The van der Waals surface area contributed by atoms with Crippen molar-refractivity contribution in [2.45, 2.75) is 84.2 Å². The van der Waals surface area contributed by atoms with Gasteiger partial charge in [-0.2, -0.15) is 4.98 Å². The molecule has 3 heterocycles. The number of oxime groups is 1. The molecule has 35 heavy (non-hydrogen) atoms. The molecule has 9 heteroatoms. The summed E-state index contributed by atoms with van der Waals surface area (Å²) in [5, 5.41) is 4.49. The molecule has 1 aliphatic heterocycles. The number of piperidine rings is 1. The lowest BCUT2D eigenvalue weighted by Gasteiger charge is -2.34. The second-order valence-electron chi connectivity index (χ2n) is 10.5. The number of fused-ring (bicyclic) bond motifs is 1. The van der Waals surface area contributed by atoms with Crippen LogP contribution in [0.2, 0.25) is 0 Å². The van der Waals surface area contributed by atoms with Gasteiger partial charge in [0.2, 0.25) is 5.71 Å². The van der Waals surface area contributed by atoms with Crippen molar-refractivity contribution >= 4 is 16.8 Å². The lowest BCUT2D eigenvalue weighted by molar-refractivity contribution is 0.00263. The summed E-state index contributed by atoms with van der Waals surface area (Å²) < 4.78 is 11.1. The molecule has 1 aliphatic carbocycles. The summed E-state index contributed by atoms with van der Waals surface area (Å²) >= 11 is 0.